The minimum absolute atomic E-state index is 0.125. The zero-order valence-electron chi connectivity index (χ0n) is 8.22. The zero-order chi connectivity index (χ0) is 11.5. The Morgan fingerprint density at radius 3 is 1.73 bits per heavy atom. The summed E-state index contributed by atoms with van der Waals surface area (Å²) >= 11 is 0. The Morgan fingerprint density at radius 2 is 1.40 bits per heavy atom. The topological polar surface area (TPSA) is 93.1 Å². The largest absolute Gasteiger partial charge is 0.462 e. The predicted molar refractivity (Wildman–Crippen MR) is 49.8 cm³/mol. The van der Waals surface area contributed by atoms with Crippen molar-refractivity contribution < 1.29 is 29.3 Å². The van der Waals surface area contributed by atoms with E-state index in [4.69, 9.17) is 10.2 Å². The standard InChI is InChI=1S/C7H8O4.C2H6O2/c8-6-2-3-7(9)11-5-1-4-10-6;3-1-2-4/h2-3H,1,4-5H2;3-4H,1-2H2/b3-2+;. The Labute approximate surface area is 87.1 Å². The van der Waals surface area contributed by atoms with Crippen LogP contribution in [-0.4, -0.2) is 48.6 Å². The van der Waals surface area contributed by atoms with Crippen molar-refractivity contribution in [3.63, 3.8) is 0 Å². The molecule has 0 saturated carbocycles. The van der Waals surface area contributed by atoms with Gasteiger partial charge in [-0.05, 0) is 0 Å². The number of carbonyl (C=O) groups excluding carboxylic acids is 2. The number of ether oxygens (including phenoxy) is 2. The van der Waals surface area contributed by atoms with Crippen LogP contribution in [0, 0.1) is 0 Å². The molecule has 6 heteroatoms. The highest BCUT2D eigenvalue weighted by Crippen LogP contribution is 1.93. The van der Waals surface area contributed by atoms with Gasteiger partial charge in [-0.15, -0.1) is 0 Å². The fourth-order valence-corrected chi connectivity index (χ4v) is 0.637. The Bertz CT molecular complexity index is 201. The molecule has 1 aliphatic rings. The lowest BCUT2D eigenvalue weighted by molar-refractivity contribution is -0.138. The Morgan fingerprint density at radius 1 is 1.00 bits per heavy atom. The van der Waals surface area contributed by atoms with Crippen molar-refractivity contribution in [1.82, 2.24) is 0 Å². The SMILES string of the molecule is O=C1/C=C/C(=O)OCCCO1.OCCO. The molecule has 1 rings (SSSR count). The van der Waals surface area contributed by atoms with E-state index in [0.29, 0.717) is 19.6 Å². The lowest BCUT2D eigenvalue weighted by Crippen LogP contribution is -2.03. The summed E-state index contributed by atoms with van der Waals surface area (Å²) in [6, 6.07) is 0. The van der Waals surface area contributed by atoms with Crippen molar-refractivity contribution in [2.75, 3.05) is 26.4 Å². The summed E-state index contributed by atoms with van der Waals surface area (Å²) in [5, 5.41) is 15.2. The fourth-order valence-electron chi connectivity index (χ4n) is 0.637. The van der Waals surface area contributed by atoms with Gasteiger partial charge in [-0.25, -0.2) is 9.59 Å². The molecule has 15 heavy (non-hydrogen) atoms. The highest BCUT2D eigenvalue weighted by Gasteiger charge is 2.03. The molecule has 0 aromatic heterocycles. The summed E-state index contributed by atoms with van der Waals surface area (Å²) in [5.41, 5.74) is 0. The molecule has 0 saturated heterocycles. The lowest BCUT2D eigenvalue weighted by Gasteiger charge is -1.99. The first kappa shape index (κ1) is 13.6. The minimum atomic E-state index is -0.496. The van der Waals surface area contributed by atoms with Gasteiger partial charge in [0.25, 0.3) is 0 Å². The third kappa shape index (κ3) is 8.92. The molecule has 0 radical (unpaired) electrons. The van der Waals surface area contributed by atoms with E-state index in [0.717, 1.165) is 12.2 Å². The molecule has 0 aromatic rings. The van der Waals surface area contributed by atoms with Crippen LogP contribution in [-0.2, 0) is 19.1 Å². The number of rotatable bonds is 1. The van der Waals surface area contributed by atoms with Crippen LogP contribution in [0.1, 0.15) is 6.42 Å². The van der Waals surface area contributed by atoms with Crippen LogP contribution in [0.15, 0.2) is 12.2 Å². The molecule has 1 heterocycles. The third-order valence-corrected chi connectivity index (χ3v) is 1.23. The normalized spacial score (nSPS) is 18.3. The first-order valence-electron chi connectivity index (χ1n) is 4.44. The highest BCUT2D eigenvalue weighted by molar-refractivity contribution is 5.91. The lowest BCUT2D eigenvalue weighted by atomic mass is 10.5. The van der Waals surface area contributed by atoms with Crippen molar-refractivity contribution in [3.8, 4) is 0 Å². The molecule has 1 aliphatic heterocycles. The van der Waals surface area contributed by atoms with Gasteiger partial charge in [0.05, 0.1) is 26.4 Å². The maximum Gasteiger partial charge on any atom is 0.331 e. The maximum atomic E-state index is 10.6. The molecule has 0 atom stereocenters. The van der Waals surface area contributed by atoms with Crippen LogP contribution in [0.5, 0.6) is 0 Å². The van der Waals surface area contributed by atoms with Gasteiger partial charge in [-0.3, -0.25) is 0 Å². The molecule has 0 unspecified atom stereocenters. The van der Waals surface area contributed by atoms with Crippen LogP contribution < -0.4 is 0 Å². The molecule has 0 amide bonds. The van der Waals surface area contributed by atoms with E-state index in [1.165, 1.54) is 0 Å². The van der Waals surface area contributed by atoms with Crippen molar-refractivity contribution in [2.45, 2.75) is 6.42 Å². The van der Waals surface area contributed by atoms with Gasteiger partial charge in [0, 0.05) is 18.6 Å². The van der Waals surface area contributed by atoms with E-state index in [1.807, 2.05) is 0 Å². The van der Waals surface area contributed by atoms with Gasteiger partial charge >= 0.3 is 11.9 Å². The second kappa shape index (κ2) is 9.17. The number of esters is 2. The maximum absolute atomic E-state index is 10.6. The summed E-state index contributed by atoms with van der Waals surface area (Å²) in [6.45, 7) is 0.354. The minimum Gasteiger partial charge on any atom is -0.462 e. The smallest absolute Gasteiger partial charge is 0.331 e. The van der Waals surface area contributed by atoms with Crippen molar-refractivity contribution in [1.29, 1.82) is 0 Å². The molecule has 0 fully saturated rings. The van der Waals surface area contributed by atoms with E-state index < -0.39 is 11.9 Å². The molecule has 0 bridgehead atoms. The summed E-state index contributed by atoms with van der Waals surface area (Å²) < 4.78 is 9.31. The second-order valence-electron chi connectivity index (χ2n) is 2.47. The van der Waals surface area contributed by atoms with Crippen molar-refractivity contribution in [2.24, 2.45) is 0 Å². The first-order chi connectivity index (χ1) is 7.20. The van der Waals surface area contributed by atoms with Crippen LogP contribution in [0.2, 0.25) is 0 Å². The van der Waals surface area contributed by atoms with Crippen LogP contribution in [0.3, 0.4) is 0 Å². The summed E-state index contributed by atoms with van der Waals surface area (Å²) in [4.78, 5) is 21.2. The van der Waals surface area contributed by atoms with Crippen LogP contribution in [0.25, 0.3) is 0 Å². The van der Waals surface area contributed by atoms with Crippen LogP contribution >= 0.6 is 0 Å². The predicted octanol–water partition coefficient (Wildman–Crippen LogP) is -0.996. The summed E-state index contributed by atoms with van der Waals surface area (Å²) in [6.07, 6.45) is 2.68. The van der Waals surface area contributed by atoms with Crippen molar-refractivity contribution >= 4 is 11.9 Å². The van der Waals surface area contributed by atoms with E-state index in [-0.39, 0.29) is 13.2 Å². The van der Waals surface area contributed by atoms with E-state index in [2.05, 4.69) is 9.47 Å². The molecule has 0 aliphatic carbocycles. The average Bonchev–Trinajstić information content (AvgIpc) is 2.33. The Balaban J connectivity index is 0.000000423. The Kier molecular flexibility index (Phi) is 8.31. The number of hydrogen-bond acceptors (Lipinski definition) is 6. The zero-order valence-corrected chi connectivity index (χ0v) is 8.22. The van der Waals surface area contributed by atoms with Gasteiger partial charge in [0.1, 0.15) is 0 Å². The van der Waals surface area contributed by atoms with Gasteiger partial charge < -0.3 is 19.7 Å². The molecular weight excluding hydrogens is 204 g/mol. The van der Waals surface area contributed by atoms with Gasteiger partial charge in [0.15, 0.2) is 0 Å². The molecule has 86 valence electrons. The van der Waals surface area contributed by atoms with Gasteiger partial charge in [-0.2, -0.15) is 0 Å². The fraction of sp³-hybridized carbons (Fsp3) is 0.556. The van der Waals surface area contributed by atoms with Gasteiger partial charge in [-0.1, -0.05) is 0 Å². The van der Waals surface area contributed by atoms with E-state index in [1.54, 1.807) is 0 Å². The van der Waals surface area contributed by atoms with E-state index in [9.17, 15) is 9.59 Å². The molecule has 0 aromatic carbocycles. The highest BCUT2D eigenvalue weighted by atomic mass is 16.5. The number of carbonyl (C=O) groups is 2. The summed E-state index contributed by atoms with van der Waals surface area (Å²) in [5.74, 6) is -0.993. The van der Waals surface area contributed by atoms with E-state index >= 15 is 0 Å². The van der Waals surface area contributed by atoms with Crippen LogP contribution in [0.4, 0.5) is 0 Å². The molecular formula is C9H14O6. The number of aliphatic hydroxyl groups excluding tert-OH is 2. The van der Waals surface area contributed by atoms with Gasteiger partial charge in [0.2, 0.25) is 0 Å². The third-order valence-electron chi connectivity index (χ3n) is 1.23. The summed E-state index contributed by atoms with van der Waals surface area (Å²) in [7, 11) is 0. The second-order valence-corrected chi connectivity index (χ2v) is 2.47. The molecule has 2 N–H and O–H groups in total. The monoisotopic (exact) mass is 218 g/mol. The number of cyclic esters (lactones) is 2. The Hall–Kier alpha value is -1.40. The molecule has 0 spiro atoms. The average molecular weight is 218 g/mol. The molecule has 6 nitrogen and oxygen atoms in total. The quantitative estimate of drug-likeness (QED) is 0.548. The number of aliphatic hydroxyl groups is 2. The van der Waals surface area contributed by atoms with Crippen molar-refractivity contribution in [3.05, 3.63) is 12.2 Å². The number of hydrogen-bond donors (Lipinski definition) is 2. The first-order valence-corrected chi connectivity index (χ1v) is 4.44.